The second kappa shape index (κ2) is 9.29. The molecule has 1 aliphatic heterocycles. The van der Waals surface area contributed by atoms with Crippen LogP contribution in [0.4, 0.5) is 0 Å². The Balaban J connectivity index is 1.33. The van der Waals surface area contributed by atoms with Gasteiger partial charge in [0.25, 0.3) is 0 Å². The number of nitrogens with one attached hydrogen (secondary N) is 1. The first-order valence-electron chi connectivity index (χ1n) is 10.6. The Hall–Kier alpha value is -2.22. The van der Waals surface area contributed by atoms with Crippen LogP contribution in [0.1, 0.15) is 42.0 Å². The predicted octanol–water partition coefficient (Wildman–Crippen LogP) is 2.83. The lowest BCUT2D eigenvalue weighted by molar-refractivity contribution is -0.121. The van der Waals surface area contributed by atoms with E-state index in [1.165, 1.54) is 15.4 Å². The lowest BCUT2D eigenvalue weighted by Crippen LogP contribution is -2.40. The summed E-state index contributed by atoms with van der Waals surface area (Å²) in [7, 11) is -3.48. The van der Waals surface area contributed by atoms with Gasteiger partial charge in [0.05, 0.1) is 24.2 Å². The van der Waals surface area contributed by atoms with Crippen molar-refractivity contribution in [2.24, 2.45) is 0 Å². The van der Waals surface area contributed by atoms with Crippen molar-refractivity contribution in [3.63, 3.8) is 0 Å². The highest BCUT2D eigenvalue weighted by atomic mass is 32.2. The summed E-state index contributed by atoms with van der Waals surface area (Å²) in [5.41, 5.74) is 3.51. The molecule has 2 aromatic carbocycles. The molecule has 30 heavy (non-hydrogen) atoms. The van der Waals surface area contributed by atoms with Crippen molar-refractivity contribution < 1.29 is 17.9 Å². The van der Waals surface area contributed by atoms with E-state index in [0.717, 1.165) is 24.8 Å². The van der Waals surface area contributed by atoms with Gasteiger partial charge in [0.2, 0.25) is 15.9 Å². The van der Waals surface area contributed by atoms with Crippen LogP contribution in [0.5, 0.6) is 0 Å². The maximum atomic E-state index is 12.7. The summed E-state index contributed by atoms with van der Waals surface area (Å²) in [5.74, 6) is 0.0294. The summed E-state index contributed by atoms with van der Waals surface area (Å²) < 4.78 is 32.1. The van der Waals surface area contributed by atoms with E-state index in [-0.39, 0.29) is 16.8 Å². The van der Waals surface area contributed by atoms with Gasteiger partial charge in [0, 0.05) is 19.5 Å². The van der Waals surface area contributed by atoms with Crippen LogP contribution in [-0.4, -0.2) is 44.9 Å². The molecule has 160 valence electrons. The molecule has 1 fully saturated rings. The zero-order valence-corrected chi connectivity index (χ0v) is 17.9. The van der Waals surface area contributed by atoms with Crippen molar-refractivity contribution in [3.8, 4) is 0 Å². The molecule has 0 unspecified atom stereocenters. The van der Waals surface area contributed by atoms with Gasteiger partial charge in [-0.15, -0.1) is 0 Å². The second-order valence-corrected chi connectivity index (χ2v) is 9.81. The number of benzene rings is 2. The molecule has 0 radical (unpaired) electrons. The Morgan fingerprint density at radius 1 is 1.07 bits per heavy atom. The van der Waals surface area contributed by atoms with E-state index < -0.39 is 10.0 Å². The maximum absolute atomic E-state index is 12.7. The average Bonchev–Trinajstić information content (AvgIpc) is 2.79. The number of carbonyl (C=O) groups is 1. The normalized spacial score (nSPS) is 19.8. The van der Waals surface area contributed by atoms with Crippen molar-refractivity contribution in [2.45, 2.75) is 43.0 Å². The van der Waals surface area contributed by atoms with Gasteiger partial charge in [-0.25, -0.2) is 8.42 Å². The third-order valence-electron chi connectivity index (χ3n) is 5.88. The SMILES string of the molecule is O=C(CCc1ccc(S(=O)(=O)N2CCOCC2)cc1)N[C@@H]1CCCc2ccccc21. The first kappa shape index (κ1) is 21.0. The zero-order chi connectivity index (χ0) is 21.0. The van der Waals surface area contributed by atoms with Crippen LogP contribution in [0.15, 0.2) is 53.4 Å². The molecule has 0 bridgehead atoms. The predicted molar refractivity (Wildman–Crippen MR) is 115 cm³/mol. The zero-order valence-electron chi connectivity index (χ0n) is 17.0. The fraction of sp³-hybridized carbons (Fsp3) is 0.435. The van der Waals surface area contributed by atoms with Gasteiger partial charge < -0.3 is 10.1 Å². The summed E-state index contributed by atoms with van der Waals surface area (Å²) in [6, 6.07) is 15.3. The minimum Gasteiger partial charge on any atom is -0.379 e. The Morgan fingerprint density at radius 2 is 1.80 bits per heavy atom. The molecule has 4 rings (SSSR count). The number of ether oxygens (including phenoxy) is 1. The lowest BCUT2D eigenvalue weighted by Gasteiger charge is -2.26. The van der Waals surface area contributed by atoms with E-state index in [4.69, 9.17) is 4.74 Å². The number of morpholine rings is 1. The molecular formula is C23H28N2O4S. The third-order valence-corrected chi connectivity index (χ3v) is 7.79. The average molecular weight is 429 g/mol. The first-order valence-corrected chi connectivity index (χ1v) is 12.0. The Labute approximate surface area is 178 Å². The highest BCUT2D eigenvalue weighted by molar-refractivity contribution is 7.89. The quantitative estimate of drug-likeness (QED) is 0.768. The largest absolute Gasteiger partial charge is 0.379 e. The Morgan fingerprint density at radius 3 is 2.57 bits per heavy atom. The Bertz CT molecular complexity index is 983. The lowest BCUT2D eigenvalue weighted by atomic mass is 9.87. The molecule has 1 atom stereocenters. The molecule has 0 saturated carbocycles. The molecule has 1 amide bonds. The summed E-state index contributed by atoms with van der Waals surface area (Å²) in [6.45, 7) is 1.62. The molecule has 1 saturated heterocycles. The Kier molecular flexibility index (Phi) is 6.51. The van der Waals surface area contributed by atoms with Crippen LogP contribution in [0.3, 0.4) is 0 Å². The summed E-state index contributed by atoms with van der Waals surface area (Å²) in [5, 5.41) is 3.17. The molecule has 1 aliphatic carbocycles. The van der Waals surface area contributed by atoms with E-state index >= 15 is 0 Å². The molecule has 6 nitrogen and oxygen atoms in total. The van der Waals surface area contributed by atoms with E-state index in [1.807, 2.05) is 12.1 Å². The van der Waals surface area contributed by atoms with Crippen LogP contribution in [0, 0.1) is 0 Å². The number of rotatable bonds is 6. The molecule has 1 heterocycles. The van der Waals surface area contributed by atoms with Crippen LogP contribution < -0.4 is 5.32 Å². The van der Waals surface area contributed by atoms with Gasteiger partial charge in [-0.2, -0.15) is 4.31 Å². The summed E-state index contributed by atoms with van der Waals surface area (Å²) >= 11 is 0. The van der Waals surface area contributed by atoms with Crippen molar-refractivity contribution in [1.29, 1.82) is 0 Å². The molecule has 7 heteroatoms. The molecule has 1 N–H and O–H groups in total. The van der Waals surface area contributed by atoms with Gasteiger partial charge in [0.1, 0.15) is 0 Å². The van der Waals surface area contributed by atoms with Gasteiger partial charge in [-0.3, -0.25) is 4.79 Å². The maximum Gasteiger partial charge on any atom is 0.243 e. The van der Waals surface area contributed by atoms with Crippen LogP contribution in [0.2, 0.25) is 0 Å². The number of hydrogen-bond donors (Lipinski definition) is 1. The fourth-order valence-electron chi connectivity index (χ4n) is 4.19. The molecule has 2 aromatic rings. The standard InChI is InChI=1S/C23H28N2O4S/c26-23(24-22-7-3-5-19-4-1-2-6-21(19)22)13-10-18-8-11-20(12-9-18)30(27,28)25-14-16-29-17-15-25/h1-2,4,6,8-9,11-12,22H,3,5,7,10,13-17H2,(H,24,26)/t22-/m1/s1. The van der Waals surface area contributed by atoms with E-state index in [1.54, 1.807) is 24.3 Å². The van der Waals surface area contributed by atoms with Crippen molar-refractivity contribution in [2.75, 3.05) is 26.3 Å². The topological polar surface area (TPSA) is 75.7 Å². The molecule has 0 aromatic heterocycles. The van der Waals surface area contributed by atoms with Crippen molar-refractivity contribution >= 4 is 15.9 Å². The number of carbonyl (C=O) groups excluding carboxylic acids is 1. The number of nitrogens with zero attached hydrogens (tertiary/aromatic N) is 1. The number of sulfonamides is 1. The van der Waals surface area contributed by atoms with E-state index in [0.29, 0.717) is 39.1 Å². The van der Waals surface area contributed by atoms with Gasteiger partial charge in [-0.05, 0) is 54.5 Å². The van der Waals surface area contributed by atoms with Crippen LogP contribution in [-0.2, 0) is 32.4 Å². The smallest absolute Gasteiger partial charge is 0.243 e. The highest BCUT2D eigenvalue weighted by Crippen LogP contribution is 2.29. The second-order valence-electron chi connectivity index (χ2n) is 7.87. The van der Waals surface area contributed by atoms with Gasteiger partial charge >= 0.3 is 0 Å². The number of aryl methyl sites for hydroxylation is 2. The minimum atomic E-state index is -3.48. The van der Waals surface area contributed by atoms with Crippen LogP contribution >= 0.6 is 0 Å². The fourth-order valence-corrected chi connectivity index (χ4v) is 5.60. The van der Waals surface area contributed by atoms with Crippen molar-refractivity contribution in [1.82, 2.24) is 9.62 Å². The van der Waals surface area contributed by atoms with Gasteiger partial charge in [0.15, 0.2) is 0 Å². The van der Waals surface area contributed by atoms with Crippen molar-refractivity contribution in [3.05, 3.63) is 65.2 Å². The summed E-state index contributed by atoms with van der Waals surface area (Å²) in [4.78, 5) is 12.8. The minimum absolute atomic E-state index is 0.0294. The van der Waals surface area contributed by atoms with E-state index in [2.05, 4.69) is 17.4 Å². The molecular weight excluding hydrogens is 400 g/mol. The highest BCUT2D eigenvalue weighted by Gasteiger charge is 2.26. The number of hydrogen-bond acceptors (Lipinski definition) is 4. The van der Waals surface area contributed by atoms with Crippen LogP contribution in [0.25, 0.3) is 0 Å². The number of amides is 1. The number of fused-ring (bicyclic) bond motifs is 1. The molecule has 2 aliphatic rings. The summed E-state index contributed by atoms with van der Waals surface area (Å²) in [6.07, 6.45) is 4.09. The third kappa shape index (κ3) is 4.74. The monoisotopic (exact) mass is 428 g/mol. The first-order chi connectivity index (χ1) is 14.5. The van der Waals surface area contributed by atoms with Gasteiger partial charge in [-0.1, -0.05) is 36.4 Å². The van der Waals surface area contributed by atoms with E-state index in [9.17, 15) is 13.2 Å². The molecule has 0 spiro atoms.